The van der Waals surface area contributed by atoms with Crippen molar-refractivity contribution in [2.24, 2.45) is 0 Å². The first kappa shape index (κ1) is 22.8. The highest BCUT2D eigenvalue weighted by Crippen LogP contribution is 2.24. The molecule has 4 aromatic carbocycles. The molecule has 4 aromatic rings. The molecule has 0 unspecified atom stereocenters. The number of hydrogen-bond acceptors (Lipinski definition) is 2. The van der Waals surface area contributed by atoms with E-state index in [4.69, 9.17) is 0 Å². The Hall–Kier alpha value is -4.38. The monoisotopic (exact) mass is 444 g/mol. The highest BCUT2D eigenvalue weighted by molar-refractivity contribution is 5.84. The summed E-state index contributed by atoms with van der Waals surface area (Å²) in [6.07, 6.45) is 12.0. The van der Waals surface area contributed by atoms with Crippen LogP contribution in [0.2, 0.25) is 0 Å². The Balaban J connectivity index is 1.67. The van der Waals surface area contributed by atoms with Crippen molar-refractivity contribution < 1.29 is 10.4 Å². The van der Waals surface area contributed by atoms with Gasteiger partial charge in [0.05, 0.1) is 11.4 Å². The molecule has 0 saturated heterocycles. The van der Waals surface area contributed by atoms with Gasteiger partial charge in [-0.3, -0.25) is 0 Å². The van der Waals surface area contributed by atoms with Gasteiger partial charge in [0, 0.05) is 0 Å². The molecule has 4 heteroatoms. The molecule has 0 fully saturated rings. The molecule has 0 saturated carbocycles. The first-order valence-electron chi connectivity index (χ1n) is 10.9. The zero-order chi connectivity index (χ0) is 23.6. The maximum atomic E-state index is 11.3. The van der Waals surface area contributed by atoms with E-state index < -0.39 is 0 Å². The highest BCUT2D eigenvalue weighted by Gasteiger charge is 2.03. The van der Waals surface area contributed by atoms with Crippen LogP contribution in [0, 0.1) is 0 Å². The van der Waals surface area contributed by atoms with Gasteiger partial charge in [0.25, 0.3) is 0 Å². The Morgan fingerprint density at radius 2 is 0.794 bits per heavy atom. The molecule has 2 N–H and O–H groups in total. The molecule has 0 aliphatic carbocycles. The number of anilines is 2. The topological polar surface area (TPSA) is 63.9 Å². The van der Waals surface area contributed by atoms with Gasteiger partial charge in [0.15, 0.2) is 0 Å². The van der Waals surface area contributed by atoms with Crippen molar-refractivity contribution in [2.45, 2.75) is 0 Å². The van der Waals surface area contributed by atoms with Crippen LogP contribution in [-0.2, 0) is 10.4 Å². The third-order valence-corrected chi connectivity index (χ3v) is 5.36. The molecule has 0 heterocycles. The predicted octanol–water partition coefficient (Wildman–Crippen LogP) is 7.71. The Bertz CT molecular complexity index is 1310. The van der Waals surface area contributed by atoms with Gasteiger partial charge in [0.2, 0.25) is 0 Å². The zero-order valence-electron chi connectivity index (χ0n) is 18.5. The van der Waals surface area contributed by atoms with Crippen LogP contribution in [0.25, 0.3) is 36.5 Å². The second-order valence-corrected chi connectivity index (χ2v) is 7.71. The molecule has 0 atom stereocenters. The van der Waals surface area contributed by atoms with E-state index in [0.717, 1.165) is 33.4 Å². The van der Waals surface area contributed by atoms with Crippen molar-refractivity contribution in [3.05, 3.63) is 130 Å². The molecule has 4 nitrogen and oxygen atoms in total. The SMILES string of the molecule is [O]Nc1ccc(/C=C/c2cc(N[O])ccc2/C=C/c2ccccc2)c(/C=C/c2ccccc2)c1. The molecule has 0 amide bonds. The predicted molar refractivity (Wildman–Crippen MR) is 141 cm³/mol. The zero-order valence-corrected chi connectivity index (χ0v) is 18.5. The fraction of sp³-hybridized carbons (Fsp3) is 0. The lowest BCUT2D eigenvalue weighted by Crippen LogP contribution is -1.90. The Labute approximate surface area is 199 Å². The summed E-state index contributed by atoms with van der Waals surface area (Å²) >= 11 is 0. The Morgan fingerprint density at radius 3 is 1.24 bits per heavy atom. The summed E-state index contributed by atoms with van der Waals surface area (Å²) in [6.45, 7) is 0. The molecule has 34 heavy (non-hydrogen) atoms. The van der Waals surface area contributed by atoms with Crippen LogP contribution in [-0.4, -0.2) is 0 Å². The van der Waals surface area contributed by atoms with Crippen molar-refractivity contribution in [1.29, 1.82) is 0 Å². The van der Waals surface area contributed by atoms with E-state index >= 15 is 0 Å². The maximum Gasteiger partial charge on any atom is 0.0642 e. The summed E-state index contributed by atoms with van der Waals surface area (Å²) in [7, 11) is 0. The molecule has 4 rings (SSSR count). The Kier molecular flexibility index (Phi) is 7.70. The fourth-order valence-corrected chi connectivity index (χ4v) is 3.55. The van der Waals surface area contributed by atoms with E-state index in [1.807, 2.05) is 132 Å². The van der Waals surface area contributed by atoms with Gasteiger partial charge in [-0.1, -0.05) is 120 Å². The van der Waals surface area contributed by atoms with Crippen LogP contribution in [0.4, 0.5) is 11.4 Å². The quantitative estimate of drug-likeness (QED) is 0.216. The summed E-state index contributed by atoms with van der Waals surface area (Å²) in [4.78, 5) is 0. The van der Waals surface area contributed by atoms with Crippen molar-refractivity contribution in [1.82, 2.24) is 0 Å². The van der Waals surface area contributed by atoms with Gasteiger partial charge in [-0.2, -0.15) is 0 Å². The molecular weight excluding hydrogens is 420 g/mol. The number of hydrogen-bond donors (Lipinski definition) is 2. The average Bonchev–Trinajstić information content (AvgIpc) is 2.91. The van der Waals surface area contributed by atoms with Gasteiger partial charge in [-0.25, -0.2) is 11.0 Å². The maximum absolute atomic E-state index is 11.3. The van der Waals surface area contributed by atoms with Crippen LogP contribution in [0.5, 0.6) is 0 Å². The number of benzene rings is 4. The van der Waals surface area contributed by atoms with Gasteiger partial charge in [-0.15, -0.1) is 0 Å². The van der Waals surface area contributed by atoms with E-state index in [1.165, 1.54) is 0 Å². The van der Waals surface area contributed by atoms with Gasteiger partial charge in [0.1, 0.15) is 0 Å². The van der Waals surface area contributed by atoms with E-state index in [9.17, 15) is 10.4 Å². The van der Waals surface area contributed by atoms with Crippen molar-refractivity contribution >= 4 is 47.8 Å². The molecule has 0 aliphatic heterocycles. The van der Waals surface area contributed by atoms with Crippen LogP contribution in [0.1, 0.15) is 33.4 Å². The molecule has 0 spiro atoms. The highest BCUT2D eigenvalue weighted by atomic mass is 16.5. The normalized spacial score (nSPS) is 11.5. The number of nitrogens with one attached hydrogen (secondary N) is 2. The molecule has 0 aliphatic rings. The molecule has 166 valence electrons. The van der Waals surface area contributed by atoms with Crippen LogP contribution >= 0.6 is 0 Å². The Morgan fingerprint density at radius 1 is 0.412 bits per heavy atom. The lowest BCUT2D eigenvalue weighted by Gasteiger charge is -2.07. The lowest BCUT2D eigenvalue weighted by molar-refractivity contribution is 0.274. The van der Waals surface area contributed by atoms with Crippen LogP contribution < -0.4 is 11.0 Å². The standard InChI is InChI=1S/C30H24N2O2/c33-31-29-20-18-26(27(21-29)14-12-24-9-5-2-6-10-24)15-16-28-22-30(32-34)19-17-25(28)13-11-23-7-3-1-4-8-23/h1-22,31-32H/b13-11+,14-12+,16-15+. The van der Waals surface area contributed by atoms with E-state index in [2.05, 4.69) is 0 Å². The fourth-order valence-electron chi connectivity index (χ4n) is 3.55. The first-order valence-corrected chi connectivity index (χ1v) is 10.9. The smallest absolute Gasteiger partial charge is 0.0642 e. The summed E-state index contributed by atoms with van der Waals surface area (Å²) in [5.74, 6) is 0. The van der Waals surface area contributed by atoms with Gasteiger partial charge >= 0.3 is 0 Å². The second-order valence-electron chi connectivity index (χ2n) is 7.71. The minimum Gasteiger partial charge on any atom is -0.233 e. The van der Waals surface area contributed by atoms with Crippen LogP contribution in [0.3, 0.4) is 0 Å². The van der Waals surface area contributed by atoms with E-state index in [-0.39, 0.29) is 0 Å². The van der Waals surface area contributed by atoms with E-state index in [0.29, 0.717) is 11.4 Å². The second kappa shape index (κ2) is 11.5. The summed E-state index contributed by atoms with van der Waals surface area (Å²) in [6, 6.07) is 31.0. The van der Waals surface area contributed by atoms with Crippen molar-refractivity contribution in [2.75, 3.05) is 11.0 Å². The summed E-state index contributed by atoms with van der Waals surface area (Å²) in [5, 5.41) is 22.5. The first-order chi connectivity index (χ1) is 16.7. The average molecular weight is 445 g/mol. The minimum absolute atomic E-state index is 0.492. The van der Waals surface area contributed by atoms with Gasteiger partial charge < -0.3 is 0 Å². The van der Waals surface area contributed by atoms with Crippen LogP contribution in [0.15, 0.2) is 97.1 Å². The summed E-state index contributed by atoms with van der Waals surface area (Å²) in [5.41, 5.74) is 10.8. The van der Waals surface area contributed by atoms with Crippen molar-refractivity contribution in [3.8, 4) is 0 Å². The minimum atomic E-state index is 0.492. The molecule has 0 bridgehead atoms. The lowest BCUT2D eigenvalue weighted by atomic mass is 10.0. The number of rotatable bonds is 8. The molecule has 2 radical (unpaired) electrons. The molecule has 0 aromatic heterocycles. The van der Waals surface area contributed by atoms with Crippen molar-refractivity contribution in [3.63, 3.8) is 0 Å². The molecular formula is C30H24N2O2. The third-order valence-electron chi connectivity index (χ3n) is 5.36. The third kappa shape index (κ3) is 6.11. The van der Waals surface area contributed by atoms with E-state index in [1.54, 1.807) is 12.1 Å². The summed E-state index contributed by atoms with van der Waals surface area (Å²) < 4.78 is 0. The van der Waals surface area contributed by atoms with Gasteiger partial charge in [-0.05, 0) is 57.6 Å². The largest absolute Gasteiger partial charge is 0.233 e.